The molecule has 0 N–H and O–H groups in total. The summed E-state index contributed by atoms with van der Waals surface area (Å²) in [5.41, 5.74) is 0.558. The van der Waals surface area contributed by atoms with Crippen LogP contribution in [-0.2, 0) is 0 Å². The second-order valence-corrected chi connectivity index (χ2v) is 4.49. The zero-order valence-corrected chi connectivity index (χ0v) is 10.7. The zero-order chi connectivity index (χ0) is 10.9. The predicted molar refractivity (Wildman–Crippen MR) is 66.4 cm³/mol. The van der Waals surface area contributed by atoms with Crippen molar-refractivity contribution in [1.29, 1.82) is 0 Å². The van der Waals surface area contributed by atoms with Crippen LogP contribution in [0.4, 0.5) is 0 Å². The number of hydrogen-bond donors (Lipinski definition) is 0. The molecule has 85 valence electrons. The molecule has 0 spiro atoms. The third kappa shape index (κ3) is 5.02. The summed E-state index contributed by atoms with van der Waals surface area (Å²) in [4.78, 5) is 0. The van der Waals surface area contributed by atoms with Gasteiger partial charge in [0.25, 0.3) is 0 Å². The normalized spacial score (nSPS) is 12.0. The minimum absolute atomic E-state index is 0.558. The van der Waals surface area contributed by atoms with Crippen LogP contribution in [0, 0.1) is 11.8 Å². The lowest BCUT2D eigenvalue weighted by Crippen LogP contribution is -2.19. The van der Waals surface area contributed by atoms with E-state index in [2.05, 4.69) is 34.1 Å². The van der Waals surface area contributed by atoms with Gasteiger partial charge in [-0.3, -0.25) is 0 Å². The van der Waals surface area contributed by atoms with E-state index in [0.717, 1.165) is 0 Å². The Labute approximate surface area is 91.5 Å². The van der Waals surface area contributed by atoms with Gasteiger partial charge in [-0.05, 0) is 18.3 Å². The highest BCUT2D eigenvalue weighted by molar-refractivity contribution is 4.89. The van der Waals surface area contributed by atoms with E-state index in [1.807, 2.05) is 0 Å². The van der Waals surface area contributed by atoms with E-state index in [0.29, 0.717) is 5.41 Å². The lowest BCUT2D eigenvalue weighted by atomic mass is 9.74. The van der Waals surface area contributed by atoms with Crippen molar-refractivity contribution < 1.29 is 0 Å². The molecule has 0 amide bonds. The summed E-state index contributed by atoms with van der Waals surface area (Å²) in [5.74, 6) is 0. The number of rotatable bonds is 9. The third-order valence-corrected chi connectivity index (χ3v) is 3.57. The largest absolute Gasteiger partial charge is 0.0654 e. The van der Waals surface area contributed by atoms with Gasteiger partial charge in [-0.1, -0.05) is 72.6 Å². The molecule has 0 heterocycles. The molecule has 0 nitrogen and oxygen atoms in total. The van der Waals surface area contributed by atoms with E-state index in [-0.39, 0.29) is 0 Å². The van der Waals surface area contributed by atoms with Crippen LogP contribution in [0.15, 0.2) is 0 Å². The molecular formula is C14H29. The van der Waals surface area contributed by atoms with Crippen molar-refractivity contribution in [2.24, 2.45) is 5.41 Å². The molecule has 0 rings (SSSR count). The maximum absolute atomic E-state index is 2.55. The average molecular weight is 197 g/mol. The summed E-state index contributed by atoms with van der Waals surface area (Å²) in [6.45, 7) is 9.24. The second kappa shape index (κ2) is 8.32. The van der Waals surface area contributed by atoms with E-state index >= 15 is 0 Å². The van der Waals surface area contributed by atoms with E-state index in [4.69, 9.17) is 0 Å². The van der Waals surface area contributed by atoms with Crippen molar-refractivity contribution in [1.82, 2.24) is 0 Å². The topological polar surface area (TPSA) is 0 Å². The first-order chi connectivity index (χ1) is 6.74. The van der Waals surface area contributed by atoms with Crippen molar-refractivity contribution in [2.75, 3.05) is 0 Å². The molecule has 0 bridgehead atoms. The molecule has 0 atom stereocenters. The fourth-order valence-corrected chi connectivity index (χ4v) is 2.33. The molecule has 0 saturated carbocycles. The van der Waals surface area contributed by atoms with E-state index in [1.54, 1.807) is 0 Å². The second-order valence-electron chi connectivity index (χ2n) is 4.49. The molecule has 0 aromatic carbocycles. The van der Waals surface area contributed by atoms with Gasteiger partial charge in [0.1, 0.15) is 0 Å². The van der Waals surface area contributed by atoms with Gasteiger partial charge in [0.2, 0.25) is 0 Å². The monoisotopic (exact) mass is 197 g/mol. The maximum Gasteiger partial charge on any atom is -0.0272 e. The molecule has 0 saturated heterocycles. The Kier molecular flexibility index (Phi) is 8.32. The van der Waals surface area contributed by atoms with Crippen molar-refractivity contribution in [3.63, 3.8) is 0 Å². The number of unbranched alkanes of at least 4 members (excludes halogenated alkanes) is 3. The van der Waals surface area contributed by atoms with Crippen molar-refractivity contribution in [3.8, 4) is 0 Å². The van der Waals surface area contributed by atoms with Gasteiger partial charge >= 0.3 is 0 Å². The van der Waals surface area contributed by atoms with Crippen LogP contribution in [0.2, 0.25) is 0 Å². The summed E-state index contributed by atoms with van der Waals surface area (Å²) in [7, 11) is 0. The van der Waals surface area contributed by atoms with Crippen LogP contribution in [0.1, 0.15) is 79.1 Å². The molecule has 0 heteroatoms. The van der Waals surface area contributed by atoms with Crippen LogP contribution in [0.5, 0.6) is 0 Å². The first-order valence-electron chi connectivity index (χ1n) is 6.59. The smallest absolute Gasteiger partial charge is 0.0272 e. The molecule has 0 aliphatic carbocycles. The fraction of sp³-hybridized carbons (Fsp3) is 0.929. The molecule has 0 aliphatic heterocycles. The Morgan fingerprint density at radius 2 is 1.50 bits per heavy atom. The molecule has 0 aromatic rings. The Morgan fingerprint density at radius 1 is 0.857 bits per heavy atom. The predicted octanol–water partition coefficient (Wildman–Crippen LogP) is 5.38. The molecule has 0 aromatic heterocycles. The molecule has 14 heavy (non-hydrogen) atoms. The summed E-state index contributed by atoms with van der Waals surface area (Å²) in [6, 6.07) is 0. The molecular weight excluding hydrogens is 168 g/mol. The van der Waals surface area contributed by atoms with Crippen LogP contribution < -0.4 is 0 Å². The zero-order valence-electron chi connectivity index (χ0n) is 10.7. The lowest BCUT2D eigenvalue weighted by molar-refractivity contribution is 0.275. The summed E-state index contributed by atoms with van der Waals surface area (Å²) in [6.07, 6.45) is 13.5. The van der Waals surface area contributed by atoms with Gasteiger partial charge in [-0.25, -0.2) is 0 Å². The first-order valence-corrected chi connectivity index (χ1v) is 6.59. The number of hydrogen-bond acceptors (Lipinski definition) is 0. The highest BCUT2D eigenvalue weighted by atomic mass is 14.3. The standard InChI is InChI=1S/C14H29/c1-5-9-10-11-13-14(7-3,8-4)12-6-2/h12H,5-11,13H2,1-4H3. The van der Waals surface area contributed by atoms with Gasteiger partial charge in [0.05, 0.1) is 0 Å². The SMILES string of the molecule is CC[CH]C(CC)(CC)CCCCCC. The minimum atomic E-state index is 0.558. The van der Waals surface area contributed by atoms with E-state index in [9.17, 15) is 0 Å². The summed E-state index contributed by atoms with van der Waals surface area (Å²) in [5, 5.41) is 0. The van der Waals surface area contributed by atoms with Crippen molar-refractivity contribution in [3.05, 3.63) is 6.42 Å². The van der Waals surface area contributed by atoms with Gasteiger partial charge in [-0.15, -0.1) is 0 Å². The maximum atomic E-state index is 2.55. The van der Waals surface area contributed by atoms with Gasteiger partial charge in [0, 0.05) is 0 Å². The van der Waals surface area contributed by atoms with E-state index in [1.165, 1.54) is 51.4 Å². The molecule has 0 aliphatic rings. The Hall–Kier alpha value is 0. The van der Waals surface area contributed by atoms with Crippen molar-refractivity contribution in [2.45, 2.75) is 79.1 Å². The Morgan fingerprint density at radius 3 is 1.93 bits per heavy atom. The van der Waals surface area contributed by atoms with Gasteiger partial charge in [-0.2, -0.15) is 0 Å². The van der Waals surface area contributed by atoms with Crippen LogP contribution >= 0.6 is 0 Å². The highest BCUT2D eigenvalue weighted by Gasteiger charge is 2.24. The average Bonchev–Trinajstić information content (AvgIpc) is 2.23. The highest BCUT2D eigenvalue weighted by Crippen LogP contribution is 2.36. The molecule has 0 unspecified atom stereocenters. The van der Waals surface area contributed by atoms with Crippen molar-refractivity contribution >= 4 is 0 Å². The summed E-state index contributed by atoms with van der Waals surface area (Å²) >= 11 is 0. The Balaban J connectivity index is 3.82. The molecule has 1 radical (unpaired) electrons. The molecule has 0 fully saturated rings. The van der Waals surface area contributed by atoms with Crippen LogP contribution in [-0.4, -0.2) is 0 Å². The lowest BCUT2D eigenvalue weighted by Gasteiger charge is -2.31. The summed E-state index contributed by atoms with van der Waals surface area (Å²) < 4.78 is 0. The minimum Gasteiger partial charge on any atom is -0.0654 e. The fourth-order valence-electron chi connectivity index (χ4n) is 2.33. The Bertz CT molecular complexity index is 111. The van der Waals surface area contributed by atoms with Gasteiger partial charge in [0.15, 0.2) is 0 Å². The first kappa shape index (κ1) is 14.0. The van der Waals surface area contributed by atoms with Gasteiger partial charge < -0.3 is 0 Å². The quantitative estimate of drug-likeness (QED) is 0.435. The third-order valence-electron chi connectivity index (χ3n) is 3.57. The van der Waals surface area contributed by atoms with Crippen LogP contribution in [0.25, 0.3) is 0 Å². The van der Waals surface area contributed by atoms with E-state index < -0.39 is 0 Å². The van der Waals surface area contributed by atoms with Crippen LogP contribution in [0.3, 0.4) is 0 Å².